The molecule has 11 heteroatoms. The molecule has 0 aliphatic carbocycles. The lowest BCUT2D eigenvalue weighted by Gasteiger charge is -2.11. The topological polar surface area (TPSA) is 127 Å². The van der Waals surface area contributed by atoms with Crippen molar-refractivity contribution in [2.24, 2.45) is 5.11 Å². The maximum Gasteiger partial charge on any atom is 0.338 e. The fourth-order valence-electron chi connectivity index (χ4n) is 2.83. The van der Waals surface area contributed by atoms with Crippen LogP contribution >= 0.6 is 0 Å². The van der Waals surface area contributed by atoms with Crippen LogP contribution in [0, 0.1) is 0 Å². The minimum atomic E-state index is -5.22. The standard InChI is InChI=1S/C19H17FN4O5S/c1-3-27-15-9-8-13(11-16(15)28-4-2)18-19(30(20,25)26)17(23-29-18)12-6-5-7-14(10-12)22-24-21/h5-11H,3-4H2,1-2H3. The van der Waals surface area contributed by atoms with Crippen LogP contribution < -0.4 is 9.47 Å². The molecule has 0 spiro atoms. The molecule has 1 heterocycles. The molecule has 9 nitrogen and oxygen atoms in total. The lowest BCUT2D eigenvalue weighted by molar-refractivity contribution is 0.288. The van der Waals surface area contributed by atoms with Gasteiger partial charge in [0.1, 0.15) is 5.69 Å². The van der Waals surface area contributed by atoms with Gasteiger partial charge >= 0.3 is 10.2 Å². The Morgan fingerprint density at radius 1 is 1.10 bits per heavy atom. The molecule has 3 rings (SSSR count). The summed E-state index contributed by atoms with van der Waals surface area (Å²) in [5, 5.41) is 7.22. The summed E-state index contributed by atoms with van der Waals surface area (Å²) in [5.41, 5.74) is 9.01. The minimum Gasteiger partial charge on any atom is -0.490 e. The summed E-state index contributed by atoms with van der Waals surface area (Å²) >= 11 is 0. The highest BCUT2D eigenvalue weighted by Gasteiger charge is 2.30. The van der Waals surface area contributed by atoms with Crippen molar-refractivity contribution in [1.29, 1.82) is 0 Å². The molecule has 0 aliphatic rings. The van der Waals surface area contributed by atoms with Crippen molar-refractivity contribution < 1.29 is 26.3 Å². The Balaban J connectivity index is 2.19. The third-order valence-electron chi connectivity index (χ3n) is 3.98. The van der Waals surface area contributed by atoms with Crippen LogP contribution in [0.2, 0.25) is 0 Å². The Hall–Kier alpha value is -3.56. The molecule has 0 saturated carbocycles. The van der Waals surface area contributed by atoms with Crippen molar-refractivity contribution in [1.82, 2.24) is 5.16 Å². The van der Waals surface area contributed by atoms with Crippen molar-refractivity contribution in [3.05, 3.63) is 52.9 Å². The van der Waals surface area contributed by atoms with E-state index in [9.17, 15) is 12.3 Å². The molecule has 3 aromatic rings. The summed E-state index contributed by atoms with van der Waals surface area (Å²) in [6.45, 7) is 4.33. The second-order valence-electron chi connectivity index (χ2n) is 5.89. The molecule has 0 aliphatic heterocycles. The fourth-order valence-corrected chi connectivity index (χ4v) is 3.60. The smallest absolute Gasteiger partial charge is 0.338 e. The lowest BCUT2D eigenvalue weighted by Crippen LogP contribution is -1.99. The van der Waals surface area contributed by atoms with Gasteiger partial charge in [-0.15, -0.1) is 3.89 Å². The number of azide groups is 1. The minimum absolute atomic E-state index is 0.210. The lowest BCUT2D eigenvalue weighted by atomic mass is 10.1. The molecular weight excluding hydrogens is 415 g/mol. The summed E-state index contributed by atoms with van der Waals surface area (Å²) in [5.74, 6) is 0.516. The highest BCUT2D eigenvalue weighted by Crippen LogP contribution is 2.40. The third kappa shape index (κ3) is 4.37. The zero-order valence-electron chi connectivity index (χ0n) is 16.1. The van der Waals surface area contributed by atoms with Crippen LogP contribution in [0.5, 0.6) is 11.5 Å². The quantitative estimate of drug-likeness (QED) is 0.203. The molecule has 2 aromatic carbocycles. The van der Waals surface area contributed by atoms with Gasteiger partial charge in [0, 0.05) is 21.7 Å². The fraction of sp³-hybridized carbons (Fsp3) is 0.211. The van der Waals surface area contributed by atoms with Gasteiger partial charge in [0.2, 0.25) is 0 Å². The van der Waals surface area contributed by atoms with E-state index in [0.29, 0.717) is 24.7 Å². The summed E-state index contributed by atoms with van der Waals surface area (Å²) in [7, 11) is -5.22. The Labute approximate surface area is 171 Å². The van der Waals surface area contributed by atoms with Gasteiger partial charge < -0.3 is 14.0 Å². The average Bonchev–Trinajstić information content (AvgIpc) is 3.16. The van der Waals surface area contributed by atoms with Crippen LogP contribution in [0.3, 0.4) is 0 Å². The number of hydrogen-bond acceptors (Lipinski definition) is 7. The Kier molecular flexibility index (Phi) is 6.24. The van der Waals surface area contributed by atoms with Crippen LogP contribution in [0.15, 0.2) is 57.0 Å². The number of ether oxygens (including phenoxy) is 2. The van der Waals surface area contributed by atoms with Crippen molar-refractivity contribution in [2.75, 3.05) is 13.2 Å². The predicted molar refractivity (Wildman–Crippen MR) is 107 cm³/mol. The molecule has 0 amide bonds. The van der Waals surface area contributed by atoms with E-state index < -0.39 is 15.1 Å². The SMILES string of the molecule is CCOc1ccc(-c2onc(-c3cccc(N=[N+]=[N-])c3)c2S(=O)(=O)F)cc1OCC. The van der Waals surface area contributed by atoms with Gasteiger partial charge in [0.15, 0.2) is 22.2 Å². The van der Waals surface area contributed by atoms with Crippen LogP contribution in [0.4, 0.5) is 9.57 Å². The van der Waals surface area contributed by atoms with Crippen LogP contribution in [-0.4, -0.2) is 26.8 Å². The van der Waals surface area contributed by atoms with Gasteiger partial charge in [-0.2, -0.15) is 8.42 Å². The van der Waals surface area contributed by atoms with E-state index in [1.807, 2.05) is 6.92 Å². The van der Waals surface area contributed by atoms with Gasteiger partial charge in [0.05, 0.1) is 13.2 Å². The third-order valence-corrected chi connectivity index (χ3v) is 4.85. The van der Waals surface area contributed by atoms with E-state index in [0.717, 1.165) is 0 Å². The molecule has 0 atom stereocenters. The van der Waals surface area contributed by atoms with Gasteiger partial charge in [-0.1, -0.05) is 28.5 Å². The van der Waals surface area contributed by atoms with E-state index in [1.165, 1.54) is 36.4 Å². The van der Waals surface area contributed by atoms with Crippen molar-refractivity contribution >= 4 is 15.9 Å². The number of halogens is 1. The van der Waals surface area contributed by atoms with E-state index in [2.05, 4.69) is 15.2 Å². The maximum atomic E-state index is 14.3. The van der Waals surface area contributed by atoms with Gasteiger partial charge in [0.25, 0.3) is 0 Å². The van der Waals surface area contributed by atoms with Gasteiger partial charge in [-0.25, -0.2) is 0 Å². The van der Waals surface area contributed by atoms with Crippen LogP contribution in [-0.2, 0) is 10.2 Å². The van der Waals surface area contributed by atoms with Crippen molar-refractivity contribution in [2.45, 2.75) is 18.7 Å². The number of benzene rings is 2. The zero-order chi connectivity index (χ0) is 21.7. The largest absolute Gasteiger partial charge is 0.490 e. The first-order valence-corrected chi connectivity index (χ1v) is 10.3. The van der Waals surface area contributed by atoms with E-state index >= 15 is 0 Å². The van der Waals surface area contributed by atoms with E-state index in [1.54, 1.807) is 13.0 Å². The van der Waals surface area contributed by atoms with Crippen molar-refractivity contribution in [3.8, 4) is 34.1 Å². The summed E-state index contributed by atoms with van der Waals surface area (Å²) < 4.78 is 54.5. The first-order chi connectivity index (χ1) is 14.4. The summed E-state index contributed by atoms with van der Waals surface area (Å²) in [6.07, 6.45) is 0. The molecule has 0 radical (unpaired) electrons. The Morgan fingerprint density at radius 2 is 1.83 bits per heavy atom. The normalized spacial score (nSPS) is 11.0. The monoisotopic (exact) mass is 432 g/mol. The van der Waals surface area contributed by atoms with E-state index in [4.69, 9.17) is 19.5 Å². The molecule has 30 heavy (non-hydrogen) atoms. The second-order valence-corrected chi connectivity index (χ2v) is 7.18. The van der Waals surface area contributed by atoms with Gasteiger partial charge in [-0.05, 0) is 43.6 Å². The maximum absolute atomic E-state index is 14.3. The van der Waals surface area contributed by atoms with Crippen LogP contribution in [0.1, 0.15) is 13.8 Å². The second kappa shape index (κ2) is 8.85. The molecule has 0 unspecified atom stereocenters. The highest BCUT2D eigenvalue weighted by atomic mass is 32.3. The molecule has 0 fully saturated rings. The molecule has 1 aromatic heterocycles. The summed E-state index contributed by atoms with van der Waals surface area (Å²) in [6, 6.07) is 10.5. The number of nitrogens with zero attached hydrogens (tertiary/aromatic N) is 4. The van der Waals surface area contributed by atoms with Crippen LogP contribution in [0.25, 0.3) is 33.0 Å². The van der Waals surface area contributed by atoms with Gasteiger partial charge in [-0.3, -0.25) is 0 Å². The number of aromatic nitrogens is 1. The first-order valence-electron chi connectivity index (χ1n) is 8.88. The molecule has 0 N–H and O–H groups in total. The molecule has 0 saturated heterocycles. The number of hydrogen-bond donors (Lipinski definition) is 0. The molecular formula is C19H17FN4O5S. The molecule has 0 bridgehead atoms. The highest BCUT2D eigenvalue weighted by molar-refractivity contribution is 7.86. The Bertz CT molecular complexity index is 1220. The first kappa shape index (κ1) is 21.2. The zero-order valence-corrected chi connectivity index (χ0v) is 16.9. The Morgan fingerprint density at radius 3 is 2.50 bits per heavy atom. The average molecular weight is 432 g/mol. The summed E-state index contributed by atoms with van der Waals surface area (Å²) in [4.78, 5) is 1.95. The van der Waals surface area contributed by atoms with E-state index in [-0.39, 0.29) is 28.3 Å². The number of rotatable bonds is 8. The van der Waals surface area contributed by atoms with Crippen molar-refractivity contribution in [3.63, 3.8) is 0 Å². The predicted octanol–water partition coefficient (Wildman–Crippen LogP) is 5.41. The molecule has 156 valence electrons.